The molecule has 126 valence electrons. The highest BCUT2D eigenvalue weighted by Crippen LogP contribution is 2.33. The molecule has 1 amide bonds. The van der Waals surface area contributed by atoms with Crippen LogP contribution in [0.25, 0.3) is 0 Å². The van der Waals surface area contributed by atoms with E-state index in [1.807, 2.05) is 0 Å². The normalized spacial score (nSPS) is 14.8. The first kappa shape index (κ1) is 17.0. The zero-order valence-electron chi connectivity index (χ0n) is 12.9. The maximum Gasteiger partial charge on any atom is 0.248 e. The van der Waals surface area contributed by atoms with E-state index in [1.165, 1.54) is 16.4 Å². The minimum Gasteiger partial charge on any atom is -0.366 e. The van der Waals surface area contributed by atoms with E-state index < -0.39 is 15.9 Å². The topological polar surface area (TPSA) is 80.5 Å². The first-order chi connectivity index (χ1) is 11.4. The monoisotopic (exact) mass is 364 g/mol. The second kappa shape index (κ2) is 6.55. The molecule has 0 radical (unpaired) electrons. The van der Waals surface area contributed by atoms with E-state index in [4.69, 9.17) is 17.3 Å². The van der Waals surface area contributed by atoms with Crippen LogP contribution in [0.4, 0.5) is 0 Å². The number of primary amides is 1. The fourth-order valence-corrected chi connectivity index (χ4v) is 4.27. The standard InChI is InChI=1S/C17H17ClN2O3S/c18-14-5-9-16(10-6-14)24(22,23)20(15-7-8-15)11-12-1-3-13(4-2-12)17(19)21/h1-6,9-10,15H,7-8,11H2,(H2,19,21). The lowest BCUT2D eigenvalue weighted by atomic mass is 10.1. The predicted octanol–water partition coefficient (Wildman–Crippen LogP) is 2.79. The van der Waals surface area contributed by atoms with Gasteiger partial charge in [-0.2, -0.15) is 4.31 Å². The first-order valence-electron chi connectivity index (χ1n) is 7.54. The summed E-state index contributed by atoms with van der Waals surface area (Å²) in [6, 6.07) is 12.9. The first-order valence-corrected chi connectivity index (χ1v) is 9.36. The molecule has 0 atom stereocenters. The van der Waals surface area contributed by atoms with Gasteiger partial charge in [-0.25, -0.2) is 8.42 Å². The maximum atomic E-state index is 12.9. The minimum atomic E-state index is -3.60. The number of rotatable bonds is 6. The fraction of sp³-hybridized carbons (Fsp3) is 0.235. The molecule has 0 heterocycles. The van der Waals surface area contributed by atoms with Crippen molar-refractivity contribution in [2.45, 2.75) is 30.3 Å². The number of hydrogen-bond acceptors (Lipinski definition) is 3. The predicted molar refractivity (Wildman–Crippen MR) is 92.2 cm³/mol. The van der Waals surface area contributed by atoms with Crippen LogP contribution in [0.3, 0.4) is 0 Å². The van der Waals surface area contributed by atoms with Crippen LogP contribution in [0, 0.1) is 0 Å². The number of nitrogens with zero attached hydrogens (tertiary/aromatic N) is 1. The molecule has 0 aliphatic heterocycles. The minimum absolute atomic E-state index is 0.0153. The van der Waals surface area contributed by atoms with Crippen molar-refractivity contribution in [3.8, 4) is 0 Å². The van der Waals surface area contributed by atoms with E-state index in [2.05, 4.69) is 0 Å². The number of carbonyl (C=O) groups is 1. The largest absolute Gasteiger partial charge is 0.366 e. The quantitative estimate of drug-likeness (QED) is 0.855. The molecule has 1 saturated carbocycles. The van der Waals surface area contributed by atoms with Crippen LogP contribution < -0.4 is 5.73 Å². The highest BCUT2D eigenvalue weighted by molar-refractivity contribution is 7.89. The van der Waals surface area contributed by atoms with Crippen molar-refractivity contribution in [1.29, 1.82) is 0 Å². The molecular weight excluding hydrogens is 348 g/mol. The Hall–Kier alpha value is -1.89. The molecule has 5 nitrogen and oxygen atoms in total. The van der Waals surface area contributed by atoms with Gasteiger partial charge in [-0.3, -0.25) is 4.79 Å². The van der Waals surface area contributed by atoms with E-state index in [9.17, 15) is 13.2 Å². The van der Waals surface area contributed by atoms with E-state index in [0.29, 0.717) is 10.6 Å². The van der Waals surface area contributed by atoms with Gasteiger partial charge in [0.25, 0.3) is 0 Å². The molecule has 0 spiro atoms. The lowest BCUT2D eigenvalue weighted by Gasteiger charge is -2.22. The Morgan fingerprint density at radius 1 is 1.08 bits per heavy atom. The summed E-state index contributed by atoms with van der Waals surface area (Å²) < 4.78 is 27.3. The summed E-state index contributed by atoms with van der Waals surface area (Å²) in [5, 5.41) is 0.494. The maximum absolute atomic E-state index is 12.9. The Balaban J connectivity index is 1.87. The highest BCUT2D eigenvalue weighted by atomic mass is 35.5. The van der Waals surface area contributed by atoms with Crippen molar-refractivity contribution < 1.29 is 13.2 Å². The summed E-state index contributed by atoms with van der Waals surface area (Å²) in [5.74, 6) is -0.505. The second-order valence-electron chi connectivity index (χ2n) is 5.80. The van der Waals surface area contributed by atoms with Crippen LogP contribution in [0.2, 0.25) is 5.02 Å². The van der Waals surface area contributed by atoms with Gasteiger partial charge >= 0.3 is 0 Å². The summed E-state index contributed by atoms with van der Waals surface area (Å²) in [5.41, 5.74) is 6.43. The molecule has 0 saturated heterocycles. The number of sulfonamides is 1. The molecule has 3 rings (SSSR count). The summed E-state index contributed by atoms with van der Waals surface area (Å²) in [6.07, 6.45) is 1.71. The molecule has 1 fully saturated rings. The average Bonchev–Trinajstić information content (AvgIpc) is 3.38. The van der Waals surface area contributed by atoms with Gasteiger partial charge in [-0.15, -0.1) is 0 Å². The molecule has 7 heteroatoms. The summed E-state index contributed by atoms with van der Waals surface area (Å²) in [7, 11) is -3.60. The fourth-order valence-electron chi connectivity index (χ4n) is 2.47. The SMILES string of the molecule is NC(=O)c1ccc(CN(C2CC2)S(=O)(=O)c2ccc(Cl)cc2)cc1. The van der Waals surface area contributed by atoms with E-state index >= 15 is 0 Å². The second-order valence-corrected chi connectivity index (χ2v) is 8.12. The Morgan fingerprint density at radius 3 is 2.17 bits per heavy atom. The van der Waals surface area contributed by atoms with E-state index in [1.54, 1.807) is 36.4 Å². The number of hydrogen-bond donors (Lipinski definition) is 1. The summed E-state index contributed by atoms with van der Waals surface area (Å²) >= 11 is 5.84. The Kier molecular flexibility index (Phi) is 4.62. The number of amides is 1. The molecular formula is C17H17ClN2O3S. The van der Waals surface area contributed by atoms with Gasteiger partial charge < -0.3 is 5.73 Å². The molecule has 24 heavy (non-hydrogen) atoms. The van der Waals surface area contributed by atoms with E-state index in [0.717, 1.165) is 18.4 Å². The molecule has 2 aromatic carbocycles. The number of benzene rings is 2. The molecule has 1 aliphatic rings. The zero-order chi connectivity index (χ0) is 17.3. The summed E-state index contributed by atoms with van der Waals surface area (Å²) in [6.45, 7) is 0.259. The Morgan fingerprint density at radius 2 is 1.67 bits per heavy atom. The smallest absolute Gasteiger partial charge is 0.248 e. The molecule has 1 aliphatic carbocycles. The molecule has 2 aromatic rings. The van der Waals surface area contributed by atoms with Crippen LogP contribution in [0.1, 0.15) is 28.8 Å². The zero-order valence-corrected chi connectivity index (χ0v) is 14.4. The molecule has 0 bridgehead atoms. The van der Waals surface area contributed by atoms with Crippen molar-refractivity contribution in [2.24, 2.45) is 5.73 Å². The van der Waals surface area contributed by atoms with Gasteiger partial charge in [0, 0.05) is 23.2 Å². The van der Waals surface area contributed by atoms with Crippen LogP contribution in [0.5, 0.6) is 0 Å². The van der Waals surface area contributed by atoms with Crippen molar-refractivity contribution >= 4 is 27.5 Å². The molecule has 0 aromatic heterocycles. The van der Waals surface area contributed by atoms with Gasteiger partial charge in [0.1, 0.15) is 0 Å². The van der Waals surface area contributed by atoms with Crippen LogP contribution in [-0.4, -0.2) is 24.7 Å². The van der Waals surface area contributed by atoms with Crippen molar-refractivity contribution in [1.82, 2.24) is 4.31 Å². The van der Waals surface area contributed by atoms with Crippen LogP contribution in [0.15, 0.2) is 53.4 Å². The van der Waals surface area contributed by atoms with Crippen molar-refractivity contribution in [3.05, 3.63) is 64.7 Å². The van der Waals surface area contributed by atoms with Crippen LogP contribution in [-0.2, 0) is 16.6 Å². The summed E-state index contributed by atoms with van der Waals surface area (Å²) in [4.78, 5) is 11.4. The van der Waals surface area contributed by atoms with Gasteiger partial charge in [0.15, 0.2) is 0 Å². The Labute approximate surface area is 146 Å². The van der Waals surface area contributed by atoms with Crippen molar-refractivity contribution in [3.63, 3.8) is 0 Å². The number of nitrogens with two attached hydrogens (primary N) is 1. The van der Waals surface area contributed by atoms with E-state index in [-0.39, 0.29) is 17.5 Å². The van der Waals surface area contributed by atoms with Gasteiger partial charge in [0.2, 0.25) is 15.9 Å². The number of halogens is 1. The lowest BCUT2D eigenvalue weighted by Crippen LogP contribution is -2.32. The third kappa shape index (κ3) is 3.61. The lowest BCUT2D eigenvalue weighted by molar-refractivity contribution is 0.1000. The third-order valence-electron chi connectivity index (χ3n) is 3.95. The van der Waals surface area contributed by atoms with Crippen molar-refractivity contribution in [2.75, 3.05) is 0 Å². The molecule has 0 unspecified atom stereocenters. The highest BCUT2D eigenvalue weighted by Gasteiger charge is 2.38. The average molecular weight is 365 g/mol. The van der Waals surface area contributed by atoms with Gasteiger partial charge in [-0.1, -0.05) is 23.7 Å². The molecule has 2 N–H and O–H groups in total. The van der Waals surface area contributed by atoms with Gasteiger partial charge in [-0.05, 0) is 54.8 Å². The Bertz CT molecular complexity index is 844. The van der Waals surface area contributed by atoms with Crippen LogP contribution >= 0.6 is 11.6 Å². The third-order valence-corrected chi connectivity index (χ3v) is 6.12. The number of carbonyl (C=O) groups excluding carboxylic acids is 1. The van der Waals surface area contributed by atoms with Gasteiger partial charge in [0.05, 0.1) is 4.90 Å².